The highest BCUT2D eigenvalue weighted by Gasteiger charge is 2.40. The molecule has 1 unspecified atom stereocenters. The second-order valence-electron chi connectivity index (χ2n) is 6.34. The van der Waals surface area contributed by atoms with Gasteiger partial charge in [0.05, 0.1) is 6.04 Å². The number of nitrogens with zero attached hydrogens (tertiary/aromatic N) is 4. The third-order valence-corrected chi connectivity index (χ3v) is 4.23. The number of esters is 1. The summed E-state index contributed by atoms with van der Waals surface area (Å²) in [5.41, 5.74) is 1.45. The molecular weight excluding hydrogens is 306 g/mol. The number of hydrogen-bond donors (Lipinski definition) is 1. The van der Waals surface area contributed by atoms with Gasteiger partial charge in [0.15, 0.2) is 11.5 Å². The van der Waals surface area contributed by atoms with Crippen LogP contribution in [0.5, 0.6) is 0 Å². The van der Waals surface area contributed by atoms with Crippen molar-refractivity contribution < 1.29 is 9.53 Å². The third kappa shape index (κ3) is 2.12. The molecule has 24 heavy (non-hydrogen) atoms. The average Bonchev–Trinajstić information content (AvgIpc) is 3.07. The molecule has 0 bridgehead atoms. The Morgan fingerprint density at radius 3 is 2.92 bits per heavy atom. The molecule has 1 atom stereocenters. The highest BCUT2D eigenvalue weighted by atomic mass is 16.6. The Bertz CT molecular complexity index is 947. The Balaban J connectivity index is 1.72. The predicted molar refractivity (Wildman–Crippen MR) is 87.7 cm³/mol. The fourth-order valence-electron chi connectivity index (χ4n) is 3.04. The van der Waals surface area contributed by atoms with E-state index in [9.17, 15) is 4.79 Å². The number of rotatable bonds is 3. The van der Waals surface area contributed by atoms with E-state index in [0.29, 0.717) is 11.4 Å². The fourth-order valence-corrected chi connectivity index (χ4v) is 3.04. The van der Waals surface area contributed by atoms with Crippen LogP contribution in [0.4, 0.5) is 5.82 Å². The maximum absolute atomic E-state index is 12.2. The predicted octanol–water partition coefficient (Wildman–Crippen LogP) is 2.70. The molecule has 1 aliphatic heterocycles. The van der Waals surface area contributed by atoms with E-state index in [4.69, 9.17) is 4.74 Å². The summed E-state index contributed by atoms with van der Waals surface area (Å²) < 4.78 is 7.36. The molecule has 0 amide bonds. The highest BCUT2D eigenvalue weighted by Crippen LogP contribution is 2.38. The molecule has 0 saturated heterocycles. The van der Waals surface area contributed by atoms with Crippen LogP contribution >= 0.6 is 0 Å². The van der Waals surface area contributed by atoms with Gasteiger partial charge in [-0.15, -0.1) is 10.2 Å². The summed E-state index contributed by atoms with van der Waals surface area (Å²) >= 11 is 0. The van der Waals surface area contributed by atoms with Gasteiger partial charge in [-0.2, -0.15) is 0 Å². The van der Waals surface area contributed by atoms with Crippen molar-refractivity contribution >= 4 is 17.4 Å². The van der Waals surface area contributed by atoms with E-state index in [1.807, 2.05) is 55.6 Å². The largest absolute Gasteiger partial charge is 0.451 e. The molecule has 0 radical (unpaired) electrons. The number of pyridine rings is 2. The molecule has 0 spiro atoms. The number of hydrogen-bond acceptors (Lipinski definition) is 6. The average molecular weight is 323 g/mol. The second-order valence-corrected chi connectivity index (χ2v) is 6.34. The zero-order valence-electron chi connectivity index (χ0n) is 13.6. The molecule has 3 aromatic heterocycles. The summed E-state index contributed by atoms with van der Waals surface area (Å²) in [7, 11) is 0. The first-order chi connectivity index (χ1) is 11.5. The number of ether oxygens (including phenoxy) is 1. The molecule has 1 aliphatic rings. The van der Waals surface area contributed by atoms with Crippen LogP contribution in [0.2, 0.25) is 0 Å². The summed E-state index contributed by atoms with van der Waals surface area (Å²) in [5, 5.41) is 11.7. The van der Waals surface area contributed by atoms with Crippen molar-refractivity contribution in [1.29, 1.82) is 0 Å². The van der Waals surface area contributed by atoms with Crippen molar-refractivity contribution in [2.45, 2.75) is 32.4 Å². The SMILES string of the molecule is CC(Nc1nccc2c1C(=O)OC2(C)C)c1nnc2ccccn12. The number of carbonyl (C=O) groups is 1. The maximum Gasteiger partial charge on any atom is 0.343 e. The summed E-state index contributed by atoms with van der Waals surface area (Å²) in [6, 6.07) is 7.36. The van der Waals surface area contributed by atoms with Crippen LogP contribution < -0.4 is 5.32 Å². The van der Waals surface area contributed by atoms with E-state index in [2.05, 4.69) is 20.5 Å². The summed E-state index contributed by atoms with van der Waals surface area (Å²) in [6.45, 7) is 5.70. The number of aromatic nitrogens is 4. The molecule has 7 heteroatoms. The van der Waals surface area contributed by atoms with E-state index in [1.54, 1.807) is 6.20 Å². The van der Waals surface area contributed by atoms with E-state index >= 15 is 0 Å². The highest BCUT2D eigenvalue weighted by molar-refractivity contribution is 5.99. The van der Waals surface area contributed by atoms with Gasteiger partial charge in [0.2, 0.25) is 0 Å². The van der Waals surface area contributed by atoms with Crippen molar-refractivity contribution in [2.75, 3.05) is 5.32 Å². The first-order valence-electron chi connectivity index (χ1n) is 7.76. The lowest BCUT2D eigenvalue weighted by atomic mass is 9.97. The van der Waals surface area contributed by atoms with Gasteiger partial charge in [-0.25, -0.2) is 9.78 Å². The number of anilines is 1. The molecule has 0 aliphatic carbocycles. The van der Waals surface area contributed by atoms with Gasteiger partial charge in [-0.3, -0.25) is 4.40 Å². The monoisotopic (exact) mass is 323 g/mol. The third-order valence-electron chi connectivity index (χ3n) is 4.23. The molecule has 0 saturated carbocycles. The van der Waals surface area contributed by atoms with Crippen LogP contribution in [0.1, 0.15) is 48.6 Å². The number of fused-ring (bicyclic) bond motifs is 2. The van der Waals surface area contributed by atoms with Gasteiger partial charge in [-0.05, 0) is 39.0 Å². The minimum Gasteiger partial charge on any atom is -0.451 e. The first-order valence-corrected chi connectivity index (χ1v) is 7.76. The number of nitrogens with one attached hydrogen (secondary N) is 1. The molecule has 4 heterocycles. The summed E-state index contributed by atoms with van der Waals surface area (Å²) in [5.74, 6) is 0.891. The molecule has 1 N–H and O–H groups in total. The molecular formula is C17H17N5O2. The van der Waals surface area contributed by atoms with Gasteiger partial charge < -0.3 is 10.1 Å². The summed E-state index contributed by atoms with van der Waals surface area (Å²) in [4.78, 5) is 16.6. The van der Waals surface area contributed by atoms with Crippen LogP contribution in [0, 0.1) is 0 Å². The first kappa shape index (κ1) is 14.6. The molecule has 7 nitrogen and oxygen atoms in total. The zero-order valence-corrected chi connectivity index (χ0v) is 13.6. The fraction of sp³-hybridized carbons (Fsp3) is 0.294. The van der Waals surface area contributed by atoms with Crippen molar-refractivity contribution in [2.24, 2.45) is 0 Å². The van der Waals surface area contributed by atoms with E-state index in [-0.39, 0.29) is 12.0 Å². The lowest BCUT2D eigenvalue weighted by Crippen LogP contribution is -2.16. The molecule has 122 valence electrons. The standard InChI is InChI=1S/C17H17N5O2/c1-10(15-21-20-12-6-4-5-9-22(12)15)19-14-13-11(7-8-18-14)17(2,3)24-16(13)23/h4-10H,1-3H3,(H,18,19). The lowest BCUT2D eigenvalue weighted by Gasteiger charge is -2.18. The van der Waals surface area contributed by atoms with Gasteiger partial charge in [0.1, 0.15) is 17.0 Å². The second kappa shape index (κ2) is 5.02. The quantitative estimate of drug-likeness (QED) is 0.746. The Morgan fingerprint density at radius 1 is 1.25 bits per heavy atom. The topological polar surface area (TPSA) is 81.4 Å². The maximum atomic E-state index is 12.2. The molecule has 4 rings (SSSR count). The van der Waals surface area contributed by atoms with Gasteiger partial charge >= 0.3 is 5.97 Å². The van der Waals surface area contributed by atoms with Crippen LogP contribution in [0.25, 0.3) is 5.65 Å². The van der Waals surface area contributed by atoms with Gasteiger partial charge in [0.25, 0.3) is 0 Å². The number of carbonyl (C=O) groups excluding carboxylic acids is 1. The van der Waals surface area contributed by atoms with Gasteiger partial charge in [0, 0.05) is 18.0 Å². The zero-order chi connectivity index (χ0) is 16.9. The van der Waals surface area contributed by atoms with Crippen LogP contribution in [0.15, 0.2) is 36.7 Å². The molecule has 0 aromatic carbocycles. The van der Waals surface area contributed by atoms with E-state index in [0.717, 1.165) is 17.0 Å². The smallest absolute Gasteiger partial charge is 0.343 e. The van der Waals surface area contributed by atoms with Crippen LogP contribution in [-0.4, -0.2) is 25.6 Å². The summed E-state index contributed by atoms with van der Waals surface area (Å²) in [6.07, 6.45) is 3.59. The Morgan fingerprint density at radius 2 is 2.08 bits per heavy atom. The Kier molecular flexibility index (Phi) is 3.06. The molecule has 3 aromatic rings. The number of cyclic esters (lactones) is 1. The van der Waals surface area contributed by atoms with E-state index < -0.39 is 5.60 Å². The van der Waals surface area contributed by atoms with Crippen molar-refractivity contribution in [3.8, 4) is 0 Å². The van der Waals surface area contributed by atoms with Crippen LogP contribution in [-0.2, 0) is 10.3 Å². The minimum atomic E-state index is -0.642. The normalized spacial score (nSPS) is 16.7. The lowest BCUT2D eigenvalue weighted by molar-refractivity contribution is 0.00958. The molecule has 0 fully saturated rings. The minimum absolute atomic E-state index is 0.182. The van der Waals surface area contributed by atoms with Crippen molar-refractivity contribution in [3.63, 3.8) is 0 Å². The van der Waals surface area contributed by atoms with Crippen molar-refractivity contribution in [3.05, 3.63) is 53.6 Å². The Hall–Kier alpha value is -2.96. The van der Waals surface area contributed by atoms with Crippen LogP contribution in [0.3, 0.4) is 0 Å². The van der Waals surface area contributed by atoms with E-state index in [1.165, 1.54) is 0 Å². The van der Waals surface area contributed by atoms with Gasteiger partial charge in [-0.1, -0.05) is 6.07 Å². The Labute approximate surface area is 138 Å². The van der Waals surface area contributed by atoms with Crippen molar-refractivity contribution in [1.82, 2.24) is 19.6 Å².